The van der Waals surface area contributed by atoms with Crippen molar-refractivity contribution >= 4 is 11.6 Å². The molecule has 9 nitrogen and oxygen atoms in total. The summed E-state index contributed by atoms with van der Waals surface area (Å²) in [5.74, 6) is 0.00518. The lowest BCUT2D eigenvalue weighted by atomic mass is 10.1. The molecular formula is C21H20N6O3. The van der Waals surface area contributed by atoms with Crippen molar-refractivity contribution in [1.29, 1.82) is 0 Å². The number of rotatable bonds is 6. The molecule has 1 N–H and O–H groups in total. The fourth-order valence-electron chi connectivity index (χ4n) is 2.87. The van der Waals surface area contributed by atoms with Crippen molar-refractivity contribution < 1.29 is 14.1 Å². The van der Waals surface area contributed by atoms with E-state index in [1.165, 1.54) is 12.7 Å². The van der Waals surface area contributed by atoms with E-state index in [1.54, 1.807) is 23.0 Å². The Morgan fingerprint density at radius 1 is 1.13 bits per heavy atom. The van der Waals surface area contributed by atoms with Gasteiger partial charge in [0.25, 0.3) is 0 Å². The van der Waals surface area contributed by atoms with Crippen molar-refractivity contribution in [2.75, 3.05) is 12.4 Å². The second-order valence-electron chi connectivity index (χ2n) is 6.87. The lowest BCUT2D eigenvalue weighted by molar-refractivity contribution is 0.0981. The number of methoxy groups -OCH3 is 1. The Kier molecular flexibility index (Phi) is 5.25. The van der Waals surface area contributed by atoms with Gasteiger partial charge >= 0.3 is 11.8 Å². The first-order chi connectivity index (χ1) is 14.5. The Balaban J connectivity index is 1.48. The Morgan fingerprint density at radius 3 is 2.67 bits per heavy atom. The number of anilines is 1. The van der Waals surface area contributed by atoms with Gasteiger partial charge in [0.1, 0.15) is 5.75 Å². The Morgan fingerprint density at radius 2 is 1.90 bits per heavy atom. The number of hydrogen-bond acceptors (Lipinski definition) is 7. The van der Waals surface area contributed by atoms with Crippen LogP contribution in [0.4, 0.5) is 5.69 Å². The van der Waals surface area contributed by atoms with E-state index in [4.69, 9.17) is 9.26 Å². The Labute approximate surface area is 172 Å². The summed E-state index contributed by atoms with van der Waals surface area (Å²) in [5.41, 5.74) is 4.20. The molecular weight excluding hydrogens is 384 g/mol. The van der Waals surface area contributed by atoms with E-state index in [1.807, 2.05) is 44.2 Å². The predicted octanol–water partition coefficient (Wildman–Crippen LogP) is 3.25. The highest BCUT2D eigenvalue weighted by atomic mass is 16.5. The van der Waals surface area contributed by atoms with E-state index < -0.39 is 5.91 Å². The van der Waals surface area contributed by atoms with Crippen molar-refractivity contribution in [1.82, 2.24) is 25.1 Å². The van der Waals surface area contributed by atoms with E-state index in [9.17, 15) is 4.79 Å². The average molecular weight is 404 g/mol. The fraction of sp³-hybridized carbons (Fsp3) is 0.190. The van der Waals surface area contributed by atoms with Crippen LogP contribution in [-0.4, -0.2) is 38.2 Å². The Hall–Kier alpha value is -4.01. The SMILES string of the molecule is COc1ccc(C)cc1NC(=O)c1nc(-c2cn(Cc3ccc(C)cc3)nn2)no1. The van der Waals surface area contributed by atoms with Gasteiger partial charge in [0.2, 0.25) is 5.82 Å². The summed E-state index contributed by atoms with van der Waals surface area (Å²) < 4.78 is 12.0. The average Bonchev–Trinajstić information content (AvgIpc) is 3.39. The molecule has 0 bridgehead atoms. The van der Waals surface area contributed by atoms with Gasteiger partial charge in [-0.15, -0.1) is 5.10 Å². The number of nitrogens with zero attached hydrogens (tertiary/aromatic N) is 5. The van der Waals surface area contributed by atoms with Gasteiger partial charge in [-0.2, -0.15) is 4.98 Å². The van der Waals surface area contributed by atoms with Crippen molar-refractivity contribution in [3.8, 4) is 17.3 Å². The highest BCUT2D eigenvalue weighted by Crippen LogP contribution is 2.25. The number of benzene rings is 2. The number of aryl methyl sites for hydroxylation is 2. The molecule has 0 aliphatic carbocycles. The minimum absolute atomic E-state index is 0.179. The van der Waals surface area contributed by atoms with Gasteiger partial charge < -0.3 is 14.6 Å². The standard InChI is InChI=1S/C21H20N6O3/c1-13-4-7-15(8-5-13)11-27-12-17(24-26-27)19-23-21(30-25-19)20(28)22-16-10-14(2)6-9-18(16)29-3/h4-10,12H,11H2,1-3H3,(H,22,28). The summed E-state index contributed by atoms with van der Waals surface area (Å²) in [5, 5.41) is 14.7. The molecule has 2 aromatic carbocycles. The number of nitrogens with one attached hydrogen (secondary N) is 1. The van der Waals surface area contributed by atoms with E-state index in [0.29, 0.717) is 23.7 Å². The largest absolute Gasteiger partial charge is 0.495 e. The zero-order valence-corrected chi connectivity index (χ0v) is 16.8. The van der Waals surface area contributed by atoms with Crippen LogP contribution >= 0.6 is 0 Å². The number of hydrogen-bond donors (Lipinski definition) is 1. The summed E-state index contributed by atoms with van der Waals surface area (Å²) in [6, 6.07) is 13.6. The van der Waals surface area contributed by atoms with Crippen molar-refractivity contribution in [3.05, 3.63) is 71.2 Å². The topological polar surface area (TPSA) is 108 Å². The summed E-state index contributed by atoms with van der Waals surface area (Å²) in [6.07, 6.45) is 1.70. The van der Waals surface area contributed by atoms with E-state index >= 15 is 0 Å². The molecule has 0 unspecified atom stereocenters. The zero-order valence-electron chi connectivity index (χ0n) is 16.8. The summed E-state index contributed by atoms with van der Waals surface area (Å²) in [7, 11) is 1.53. The van der Waals surface area contributed by atoms with Gasteiger partial charge in [0.05, 0.1) is 25.5 Å². The highest BCUT2D eigenvalue weighted by Gasteiger charge is 2.19. The van der Waals surface area contributed by atoms with Gasteiger partial charge in [0, 0.05) is 0 Å². The lowest BCUT2D eigenvalue weighted by Gasteiger charge is -2.09. The van der Waals surface area contributed by atoms with Gasteiger partial charge in [-0.1, -0.05) is 46.3 Å². The molecule has 2 aromatic heterocycles. The monoisotopic (exact) mass is 404 g/mol. The third kappa shape index (κ3) is 4.19. The summed E-state index contributed by atoms with van der Waals surface area (Å²) >= 11 is 0. The molecule has 0 aliphatic rings. The molecule has 152 valence electrons. The maximum atomic E-state index is 12.5. The third-order valence-electron chi connectivity index (χ3n) is 4.46. The Bertz CT molecular complexity index is 1180. The van der Waals surface area contributed by atoms with Crippen LogP contribution in [0.3, 0.4) is 0 Å². The number of carbonyl (C=O) groups is 1. The predicted molar refractivity (Wildman–Crippen MR) is 109 cm³/mol. The van der Waals surface area contributed by atoms with Crippen molar-refractivity contribution in [2.24, 2.45) is 0 Å². The summed E-state index contributed by atoms with van der Waals surface area (Å²) in [4.78, 5) is 16.6. The summed E-state index contributed by atoms with van der Waals surface area (Å²) in [6.45, 7) is 4.52. The van der Waals surface area contributed by atoms with Crippen molar-refractivity contribution in [2.45, 2.75) is 20.4 Å². The minimum Gasteiger partial charge on any atom is -0.495 e. The molecule has 4 aromatic rings. The minimum atomic E-state index is -0.537. The normalized spacial score (nSPS) is 10.8. The molecule has 0 fully saturated rings. The molecule has 0 saturated heterocycles. The molecule has 0 saturated carbocycles. The van der Waals surface area contributed by atoms with Gasteiger partial charge in [0.15, 0.2) is 5.69 Å². The number of ether oxygens (including phenoxy) is 1. The molecule has 0 atom stereocenters. The van der Waals surface area contributed by atoms with Crippen LogP contribution in [0.2, 0.25) is 0 Å². The van der Waals surface area contributed by atoms with Crippen LogP contribution in [-0.2, 0) is 6.54 Å². The molecule has 2 heterocycles. The number of carbonyl (C=O) groups excluding carboxylic acids is 1. The van der Waals surface area contributed by atoms with Crippen molar-refractivity contribution in [3.63, 3.8) is 0 Å². The van der Waals surface area contributed by atoms with Crippen LogP contribution in [0.1, 0.15) is 27.4 Å². The van der Waals surface area contributed by atoms with Crippen LogP contribution in [0.25, 0.3) is 11.5 Å². The molecule has 9 heteroatoms. The van der Waals surface area contributed by atoms with Gasteiger partial charge in [-0.25, -0.2) is 4.68 Å². The second kappa shape index (κ2) is 8.16. The first kappa shape index (κ1) is 19.3. The van der Waals surface area contributed by atoms with Crippen LogP contribution in [0.5, 0.6) is 5.75 Å². The quantitative estimate of drug-likeness (QED) is 0.525. The highest BCUT2D eigenvalue weighted by molar-refractivity contribution is 6.02. The van der Waals surface area contributed by atoms with Gasteiger partial charge in [-0.3, -0.25) is 4.79 Å². The molecule has 0 aliphatic heterocycles. The zero-order chi connectivity index (χ0) is 21.1. The van der Waals surface area contributed by atoms with Gasteiger partial charge in [-0.05, 0) is 37.1 Å². The first-order valence-electron chi connectivity index (χ1n) is 9.27. The molecule has 0 radical (unpaired) electrons. The van der Waals surface area contributed by atoms with Crippen LogP contribution in [0, 0.1) is 13.8 Å². The number of aromatic nitrogens is 5. The number of amides is 1. The second-order valence-corrected chi connectivity index (χ2v) is 6.87. The first-order valence-corrected chi connectivity index (χ1v) is 9.27. The maximum absolute atomic E-state index is 12.5. The van der Waals surface area contributed by atoms with Crippen LogP contribution < -0.4 is 10.1 Å². The molecule has 0 spiro atoms. The third-order valence-corrected chi connectivity index (χ3v) is 4.46. The maximum Gasteiger partial charge on any atom is 0.316 e. The molecule has 4 rings (SSSR count). The van der Waals surface area contributed by atoms with E-state index in [2.05, 4.69) is 25.8 Å². The molecule has 30 heavy (non-hydrogen) atoms. The van der Waals surface area contributed by atoms with E-state index in [0.717, 1.165) is 11.1 Å². The van der Waals surface area contributed by atoms with Crippen LogP contribution in [0.15, 0.2) is 53.2 Å². The fourth-order valence-corrected chi connectivity index (χ4v) is 2.87. The molecule has 1 amide bonds. The smallest absolute Gasteiger partial charge is 0.316 e. The van der Waals surface area contributed by atoms with E-state index in [-0.39, 0.29) is 11.7 Å². The lowest BCUT2D eigenvalue weighted by Crippen LogP contribution is -2.13.